The Labute approximate surface area is 169 Å². The van der Waals surface area contributed by atoms with Crippen molar-refractivity contribution in [2.24, 2.45) is 11.8 Å². The minimum Gasteiger partial charge on any atom is -0.393 e. The number of halogens is 3. The van der Waals surface area contributed by atoms with Crippen LogP contribution >= 0.6 is 0 Å². The number of rotatable bonds is 3. The van der Waals surface area contributed by atoms with Crippen LogP contribution in [0.1, 0.15) is 37.8 Å². The van der Waals surface area contributed by atoms with Crippen LogP contribution in [0.4, 0.5) is 18.9 Å². The third-order valence-electron chi connectivity index (χ3n) is 6.38. The van der Waals surface area contributed by atoms with Crippen LogP contribution < -0.4 is 4.90 Å². The Kier molecular flexibility index (Phi) is 4.34. The molecular formula is C20H19F3N2O5. The number of aliphatic hydroxyl groups excluding tert-OH is 2. The molecule has 1 aromatic carbocycles. The quantitative estimate of drug-likeness (QED) is 0.716. The van der Waals surface area contributed by atoms with Crippen molar-refractivity contribution in [3.8, 4) is 6.07 Å². The molecule has 3 fully saturated rings. The number of ether oxygens (including phenoxy) is 1. The molecule has 2 bridgehead atoms. The third-order valence-corrected chi connectivity index (χ3v) is 6.38. The maximum Gasteiger partial charge on any atom is 0.417 e. The first-order valence-electron chi connectivity index (χ1n) is 9.41. The zero-order chi connectivity index (χ0) is 22.2. The molecule has 7 nitrogen and oxygen atoms in total. The Morgan fingerprint density at radius 3 is 2.53 bits per heavy atom. The van der Waals surface area contributed by atoms with Crippen molar-refractivity contribution in [2.45, 2.75) is 56.3 Å². The molecule has 2 amide bonds. The van der Waals surface area contributed by atoms with Crippen LogP contribution in [-0.2, 0) is 20.5 Å². The van der Waals surface area contributed by atoms with Crippen molar-refractivity contribution < 1.29 is 37.7 Å². The van der Waals surface area contributed by atoms with Crippen LogP contribution in [0.15, 0.2) is 18.2 Å². The molecule has 6 atom stereocenters. The Bertz CT molecular complexity index is 988. The zero-order valence-corrected chi connectivity index (χ0v) is 16.1. The number of alkyl halides is 3. The topological polar surface area (TPSA) is 111 Å². The first-order valence-corrected chi connectivity index (χ1v) is 9.41. The fourth-order valence-corrected chi connectivity index (χ4v) is 5.36. The number of hydrogen-bond donors (Lipinski definition) is 2. The number of imide groups is 1. The molecule has 10 heteroatoms. The number of carbonyl (C=O) groups is 2. The Morgan fingerprint density at radius 2 is 1.97 bits per heavy atom. The van der Waals surface area contributed by atoms with Gasteiger partial charge < -0.3 is 14.9 Å². The standard InChI is InChI=1S/C20H19F3N2O5/c1-9(26)6-19-13(27)7-18(2,30-19)14-15(19)17(29)25(16(14)28)11-4-3-10(8-24)12(5-11)20(21,22)23/h3-5,9,13-15,26-27H,6-7H2,1-2H3/t9-,13-,14+,15-,18+,19-/m0/s1. The Balaban J connectivity index is 1.81. The summed E-state index contributed by atoms with van der Waals surface area (Å²) in [7, 11) is 0. The van der Waals surface area contributed by atoms with Crippen molar-refractivity contribution in [3.63, 3.8) is 0 Å². The molecule has 3 saturated heterocycles. The molecule has 3 heterocycles. The summed E-state index contributed by atoms with van der Waals surface area (Å²) in [6, 6.07) is 4.10. The van der Waals surface area contributed by atoms with Gasteiger partial charge in [0.25, 0.3) is 0 Å². The van der Waals surface area contributed by atoms with Gasteiger partial charge in [0.15, 0.2) is 0 Å². The molecule has 160 valence electrons. The largest absolute Gasteiger partial charge is 0.417 e. The highest BCUT2D eigenvalue weighted by Crippen LogP contribution is 2.62. The second kappa shape index (κ2) is 6.26. The van der Waals surface area contributed by atoms with Crippen molar-refractivity contribution in [3.05, 3.63) is 29.3 Å². The highest BCUT2D eigenvalue weighted by Gasteiger charge is 2.77. The van der Waals surface area contributed by atoms with Gasteiger partial charge in [-0.05, 0) is 32.0 Å². The first-order chi connectivity index (χ1) is 13.9. The fraction of sp³-hybridized carbons (Fsp3) is 0.550. The van der Waals surface area contributed by atoms with Gasteiger partial charge in [0, 0.05) is 12.8 Å². The second-order valence-electron chi connectivity index (χ2n) is 8.45. The van der Waals surface area contributed by atoms with Gasteiger partial charge in [0.05, 0.1) is 52.5 Å². The summed E-state index contributed by atoms with van der Waals surface area (Å²) in [4.78, 5) is 27.1. The fourth-order valence-electron chi connectivity index (χ4n) is 5.36. The average Bonchev–Trinajstić information content (AvgIpc) is 3.15. The molecule has 1 aromatic rings. The van der Waals surface area contributed by atoms with E-state index in [-0.39, 0.29) is 18.5 Å². The predicted octanol–water partition coefficient (Wildman–Crippen LogP) is 1.75. The maximum absolute atomic E-state index is 13.4. The molecule has 0 unspecified atom stereocenters. The first kappa shape index (κ1) is 20.8. The van der Waals surface area contributed by atoms with Crippen LogP contribution in [0.25, 0.3) is 0 Å². The molecule has 0 aromatic heterocycles. The van der Waals surface area contributed by atoms with Gasteiger partial charge in [0.2, 0.25) is 11.8 Å². The van der Waals surface area contributed by atoms with Crippen LogP contribution in [0, 0.1) is 23.2 Å². The van der Waals surface area contributed by atoms with Crippen molar-refractivity contribution in [1.82, 2.24) is 0 Å². The van der Waals surface area contributed by atoms with E-state index >= 15 is 0 Å². The van der Waals surface area contributed by atoms with E-state index in [0.717, 1.165) is 12.1 Å². The number of fused-ring (bicyclic) bond motifs is 5. The van der Waals surface area contributed by atoms with Gasteiger partial charge in [0.1, 0.15) is 5.60 Å². The number of benzene rings is 1. The lowest BCUT2D eigenvalue weighted by Crippen LogP contribution is -2.52. The summed E-state index contributed by atoms with van der Waals surface area (Å²) in [6.45, 7) is 3.04. The summed E-state index contributed by atoms with van der Waals surface area (Å²) in [6.07, 6.45) is -6.93. The Hall–Kier alpha value is -2.48. The summed E-state index contributed by atoms with van der Waals surface area (Å²) < 4.78 is 46.0. The van der Waals surface area contributed by atoms with Gasteiger partial charge in [-0.1, -0.05) is 0 Å². The molecule has 0 aliphatic carbocycles. The van der Waals surface area contributed by atoms with Crippen LogP contribution in [0.3, 0.4) is 0 Å². The van der Waals surface area contributed by atoms with E-state index < -0.39 is 64.4 Å². The zero-order valence-electron chi connectivity index (χ0n) is 16.1. The minimum absolute atomic E-state index is 0.0644. The van der Waals surface area contributed by atoms with Crippen LogP contribution in [-0.4, -0.2) is 45.4 Å². The molecule has 2 N–H and O–H groups in total. The normalized spacial score (nSPS) is 36.2. The number of nitriles is 1. The lowest BCUT2D eigenvalue weighted by molar-refractivity contribution is -0.140. The van der Waals surface area contributed by atoms with Gasteiger partial charge in [-0.25, -0.2) is 4.90 Å². The van der Waals surface area contributed by atoms with E-state index in [0.29, 0.717) is 11.0 Å². The lowest BCUT2D eigenvalue weighted by Gasteiger charge is -2.36. The molecule has 4 rings (SSSR count). The molecule has 3 aliphatic rings. The van der Waals surface area contributed by atoms with E-state index in [4.69, 9.17) is 10.00 Å². The van der Waals surface area contributed by atoms with Crippen molar-refractivity contribution in [2.75, 3.05) is 4.90 Å². The predicted molar refractivity (Wildman–Crippen MR) is 94.8 cm³/mol. The molecule has 0 saturated carbocycles. The molecule has 30 heavy (non-hydrogen) atoms. The van der Waals surface area contributed by atoms with E-state index in [9.17, 15) is 33.0 Å². The number of hydrogen-bond acceptors (Lipinski definition) is 6. The van der Waals surface area contributed by atoms with Gasteiger partial charge in [-0.2, -0.15) is 18.4 Å². The van der Waals surface area contributed by atoms with Gasteiger partial charge in [-0.3, -0.25) is 9.59 Å². The molecular weight excluding hydrogens is 405 g/mol. The van der Waals surface area contributed by atoms with Crippen molar-refractivity contribution >= 4 is 17.5 Å². The number of anilines is 1. The molecule has 0 spiro atoms. The highest BCUT2D eigenvalue weighted by atomic mass is 19.4. The van der Waals surface area contributed by atoms with Crippen molar-refractivity contribution in [1.29, 1.82) is 5.26 Å². The highest BCUT2D eigenvalue weighted by molar-refractivity contribution is 6.23. The second-order valence-corrected chi connectivity index (χ2v) is 8.45. The molecule has 3 aliphatic heterocycles. The maximum atomic E-state index is 13.4. The van der Waals surface area contributed by atoms with E-state index in [1.807, 2.05) is 0 Å². The van der Waals surface area contributed by atoms with Gasteiger partial charge >= 0.3 is 6.18 Å². The number of nitrogens with zero attached hydrogens (tertiary/aromatic N) is 2. The Morgan fingerprint density at radius 1 is 1.33 bits per heavy atom. The number of aliphatic hydroxyl groups is 2. The van der Waals surface area contributed by atoms with Gasteiger partial charge in [-0.15, -0.1) is 0 Å². The monoisotopic (exact) mass is 424 g/mol. The van der Waals surface area contributed by atoms with E-state index in [1.165, 1.54) is 13.0 Å². The van der Waals surface area contributed by atoms with E-state index in [2.05, 4.69) is 0 Å². The third kappa shape index (κ3) is 2.62. The smallest absolute Gasteiger partial charge is 0.393 e. The van der Waals surface area contributed by atoms with E-state index in [1.54, 1.807) is 6.92 Å². The molecule has 0 radical (unpaired) electrons. The SMILES string of the molecule is C[C@H](O)C[C@]12O[C@](C)(C[C@@H]1O)[C@H]1C(=O)N(c3ccc(C#N)c(C(F)(F)F)c3)C(=O)[C@H]12. The average molecular weight is 424 g/mol. The van der Waals surface area contributed by atoms with Crippen LogP contribution in [0.2, 0.25) is 0 Å². The van der Waals surface area contributed by atoms with Crippen LogP contribution in [0.5, 0.6) is 0 Å². The lowest BCUT2D eigenvalue weighted by atomic mass is 9.65. The summed E-state index contributed by atoms with van der Waals surface area (Å²) >= 11 is 0. The number of amides is 2. The number of carbonyl (C=O) groups excluding carboxylic acids is 2. The minimum atomic E-state index is -4.85. The summed E-state index contributed by atoms with van der Waals surface area (Å²) in [5.74, 6) is -3.62. The summed E-state index contributed by atoms with van der Waals surface area (Å²) in [5, 5.41) is 29.5. The summed E-state index contributed by atoms with van der Waals surface area (Å²) in [5.41, 5.74) is -4.84.